The lowest BCUT2D eigenvalue weighted by Crippen LogP contribution is -2.25. The molecule has 0 bridgehead atoms. The third kappa shape index (κ3) is 4.12. The van der Waals surface area contributed by atoms with Crippen molar-refractivity contribution in [3.63, 3.8) is 0 Å². The van der Waals surface area contributed by atoms with Gasteiger partial charge in [-0.15, -0.1) is 0 Å². The average Bonchev–Trinajstić information content (AvgIpc) is 2.33. The SMILES string of the molecule is CO[Si](OC)OCC(F)c1ccc(F)c(F)c1. The van der Waals surface area contributed by atoms with E-state index >= 15 is 0 Å². The van der Waals surface area contributed by atoms with Gasteiger partial charge in [-0.2, -0.15) is 0 Å². The van der Waals surface area contributed by atoms with Crippen LogP contribution in [0.3, 0.4) is 0 Å². The van der Waals surface area contributed by atoms with Gasteiger partial charge in [-0.1, -0.05) is 6.07 Å². The molecule has 0 fully saturated rings. The van der Waals surface area contributed by atoms with Crippen molar-refractivity contribution >= 4 is 9.53 Å². The molecule has 0 amide bonds. The first kappa shape index (κ1) is 14.2. The third-order valence-electron chi connectivity index (χ3n) is 1.99. The highest BCUT2D eigenvalue weighted by atomic mass is 28.3. The predicted molar refractivity (Wildman–Crippen MR) is 55.9 cm³/mol. The largest absolute Gasteiger partial charge is 0.577 e. The molecular weight excluding hydrogens is 253 g/mol. The lowest BCUT2D eigenvalue weighted by molar-refractivity contribution is 0.101. The second kappa shape index (κ2) is 6.75. The van der Waals surface area contributed by atoms with E-state index in [0.29, 0.717) is 0 Å². The van der Waals surface area contributed by atoms with E-state index in [1.165, 1.54) is 20.3 Å². The number of rotatable bonds is 6. The van der Waals surface area contributed by atoms with E-state index < -0.39 is 27.3 Å². The van der Waals surface area contributed by atoms with Crippen molar-refractivity contribution in [1.82, 2.24) is 0 Å². The monoisotopic (exact) mass is 265 g/mol. The molecule has 17 heavy (non-hydrogen) atoms. The number of alkyl halides is 1. The number of benzene rings is 1. The summed E-state index contributed by atoms with van der Waals surface area (Å²) in [6, 6.07) is 2.84. The molecule has 0 spiro atoms. The highest BCUT2D eigenvalue weighted by molar-refractivity contribution is 6.36. The van der Waals surface area contributed by atoms with Gasteiger partial charge >= 0.3 is 9.53 Å². The molecule has 1 atom stereocenters. The van der Waals surface area contributed by atoms with Gasteiger partial charge in [0.15, 0.2) is 11.6 Å². The molecule has 1 unspecified atom stereocenters. The molecule has 1 aromatic carbocycles. The van der Waals surface area contributed by atoms with Gasteiger partial charge in [0.05, 0.1) is 6.61 Å². The molecule has 0 heterocycles. The maximum Gasteiger partial charge on any atom is 0.577 e. The summed E-state index contributed by atoms with van der Waals surface area (Å²) in [6.07, 6.45) is -1.56. The molecule has 1 aromatic rings. The van der Waals surface area contributed by atoms with Crippen LogP contribution >= 0.6 is 0 Å². The average molecular weight is 265 g/mol. The summed E-state index contributed by atoms with van der Waals surface area (Å²) in [4.78, 5) is 0. The van der Waals surface area contributed by atoms with E-state index in [2.05, 4.69) is 0 Å². The molecule has 95 valence electrons. The Morgan fingerprint density at radius 2 is 1.82 bits per heavy atom. The smallest absolute Gasteiger partial charge is 0.375 e. The highest BCUT2D eigenvalue weighted by Crippen LogP contribution is 2.20. The Morgan fingerprint density at radius 3 is 2.35 bits per heavy atom. The molecule has 0 aliphatic rings. The van der Waals surface area contributed by atoms with Gasteiger partial charge < -0.3 is 13.3 Å². The zero-order valence-corrected chi connectivity index (χ0v) is 10.4. The molecule has 0 saturated heterocycles. The minimum absolute atomic E-state index is 0.0115. The fourth-order valence-corrected chi connectivity index (χ4v) is 1.83. The quantitative estimate of drug-likeness (QED) is 0.738. The van der Waals surface area contributed by atoms with Crippen molar-refractivity contribution in [2.45, 2.75) is 6.17 Å². The van der Waals surface area contributed by atoms with Crippen LogP contribution in [0, 0.1) is 11.6 Å². The van der Waals surface area contributed by atoms with Crippen LogP contribution in [0.15, 0.2) is 18.2 Å². The first-order valence-corrected chi connectivity index (χ1v) is 5.97. The number of hydrogen-bond donors (Lipinski definition) is 0. The standard InChI is InChI=1S/C10H12F3O3Si/c1-14-17(15-2)16-6-10(13)7-3-4-8(11)9(12)5-7/h3-5,10H,6H2,1-2H3. The highest BCUT2D eigenvalue weighted by Gasteiger charge is 2.19. The van der Waals surface area contributed by atoms with Crippen LogP contribution in [0.25, 0.3) is 0 Å². The summed E-state index contributed by atoms with van der Waals surface area (Å²) in [5.74, 6) is -2.10. The first-order valence-electron chi connectivity index (χ1n) is 4.75. The fourth-order valence-electron chi connectivity index (χ4n) is 1.15. The predicted octanol–water partition coefficient (Wildman–Crippen LogP) is 2.27. The second-order valence-electron chi connectivity index (χ2n) is 3.11. The van der Waals surface area contributed by atoms with Gasteiger partial charge in [-0.3, -0.25) is 0 Å². The summed E-state index contributed by atoms with van der Waals surface area (Å²) in [5, 5.41) is 0. The molecule has 0 aromatic heterocycles. The van der Waals surface area contributed by atoms with Gasteiger partial charge in [0.2, 0.25) is 0 Å². The van der Waals surface area contributed by atoms with Crippen LogP contribution in [0.4, 0.5) is 13.2 Å². The zero-order chi connectivity index (χ0) is 12.8. The summed E-state index contributed by atoms with van der Waals surface area (Å²) >= 11 is 0. The van der Waals surface area contributed by atoms with Gasteiger partial charge in [0.25, 0.3) is 0 Å². The van der Waals surface area contributed by atoms with Crippen molar-refractivity contribution in [1.29, 1.82) is 0 Å². The molecule has 7 heteroatoms. The van der Waals surface area contributed by atoms with E-state index in [9.17, 15) is 13.2 Å². The Kier molecular flexibility index (Phi) is 5.62. The summed E-state index contributed by atoms with van der Waals surface area (Å²) in [6.45, 7) is -0.332. The molecule has 0 aliphatic carbocycles. The molecule has 0 saturated carbocycles. The van der Waals surface area contributed by atoms with Crippen LogP contribution in [-0.4, -0.2) is 30.4 Å². The Labute approximate surface area is 99.1 Å². The minimum atomic E-state index is -1.95. The normalized spacial score (nSPS) is 13.1. The van der Waals surface area contributed by atoms with Crippen LogP contribution in [0.2, 0.25) is 0 Å². The number of hydrogen-bond acceptors (Lipinski definition) is 3. The van der Waals surface area contributed by atoms with Crippen molar-refractivity contribution in [3.05, 3.63) is 35.4 Å². The molecular formula is C10H12F3O3Si. The van der Waals surface area contributed by atoms with E-state index in [1.807, 2.05) is 0 Å². The van der Waals surface area contributed by atoms with Gasteiger partial charge in [0, 0.05) is 14.2 Å². The lowest BCUT2D eigenvalue weighted by atomic mass is 10.1. The third-order valence-corrected chi connectivity index (χ3v) is 3.06. The van der Waals surface area contributed by atoms with E-state index in [0.717, 1.165) is 12.1 Å². The van der Waals surface area contributed by atoms with Crippen LogP contribution < -0.4 is 0 Å². The molecule has 0 N–H and O–H groups in total. The lowest BCUT2D eigenvalue weighted by Gasteiger charge is -2.12. The minimum Gasteiger partial charge on any atom is -0.375 e. The maximum absolute atomic E-state index is 13.6. The summed E-state index contributed by atoms with van der Waals surface area (Å²) in [5.41, 5.74) is 0.0115. The fraction of sp³-hybridized carbons (Fsp3) is 0.400. The molecule has 3 nitrogen and oxygen atoms in total. The molecule has 1 radical (unpaired) electrons. The topological polar surface area (TPSA) is 27.7 Å². The summed E-state index contributed by atoms with van der Waals surface area (Å²) in [7, 11) is 0.804. The van der Waals surface area contributed by atoms with E-state index in [1.54, 1.807) is 0 Å². The van der Waals surface area contributed by atoms with Crippen molar-refractivity contribution in [2.75, 3.05) is 20.8 Å². The van der Waals surface area contributed by atoms with E-state index in [-0.39, 0.29) is 12.2 Å². The van der Waals surface area contributed by atoms with Crippen molar-refractivity contribution in [3.8, 4) is 0 Å². The van der Waals surface area contributed by atoms with Crippen LogP contribution in [-0.2, 0) is 13.3 Å². The number of halogens is 3. The zero-order valence-electron chi connectivity index (χ0n) is 9.38. The second-order valence-corrected chi connectivity index (χ2v) is 4.72. The van der Waals surface area contributed by atoms with Crippen LogP contribution in [0.1, 0.15) is 11.7 Å². The van der Waals surface area contributed by atoms with Crippen molar-refractivity contribution < 1.29 is 26.4 Å². The van der Waals surface area contributed by atoms with E-state index in [4.69, 9.17) is 13.3 Å². The maximum atomic E-state index is 13.6. The summed E-state index contributed by atoms with van der Waals surface area (Å²) < 4.78 is 53.6. The van der Waals surface area contributed by atoms with Crippen LogP contribution in [0.5, 0.6) is 0 Å². The molecule has 0 aliphatic heterocycles. The van der Waals surface area contributed by atoms with Gasteiger partial charge in [-0.05, 0) is 17.7 Å². The van der Waals surface area contributed by atoms with Gasteiger partial charge in [0.1, 0.15) is 6.17 Å². The van der Waals surface area contributed by atoms with Gasteiger partial charge in [-0.25, -0.2) is 13.2 Å². The van der Waals surface area contributed by atoms with Crippen molar-refractivity contribution in [2.24, 2.45) is 0 Å². The Hall–Kier alpha value is -0.893. The Bertz CT molecular complexity index is 361. The Balaban J connectivity index is 2.57. The first-order chi connectivity index (χ1) is 8.08. The molecule has 1 rings (SSSR count). The Morgan fingerprint density at radius 1 is 1.18 bits per heavy atom.